The number of carbonyl (C=O) groups is 2. The number of carbonyl (C=O) groups excluding carboxylic acids is 2. The minimum absolute atomic E-state index is 0.0834. The molecule has 0 radical (unpaired) electrons. The van der Waals surface area contributed by atoms with E-state index in [4.69, 9.17) is 9.84 Å². The number of rotatable bonds is 2. The molecule has 2 amide bonds. The van der Waals surface area contributed by atoms with Gasteiger partial charge in [-0.25, -0.2) is 9.18 Å². The van der Waals surface area contributed by atoms with E-state index >= 15 is 0 Å². The van der Waals surface area contributed by atoms with Gasteiger partial charge in [0.25, 0.3) is 0 Å². The minimum atomic E-state index is -0.779. The van der Waals surface area contributed by atoms with Gasteiger partial charge in [-0.05, 0) is 57.0 Å². The van der Waals surface area contributed by atoms with Crippen LogP contribution in [0.2, 0.25) is 0 Å². The van der Waals surface area contributed by atoms with Crippen LogP contribution >= 0.6 is 0 Å². The van der Waals surface area contributed by atoms with E-state index in [1.807, 2.05) is 43.2 Å². The number of piperazine rings is 1. The second kappa shape index (κ2) is 7.76. The van der Waals surface area contributed by atoms with Crippen LogP contribution in [-0.4, -0.2) is 56.6 Å². The van der Waals surface area contributed by atoms with Gasteiger partial charge in [-0.3, -0.25) is 14.6 Å². The molecular weight excluding hydrogens is 449 g/mol. The van der Waals surface area contributed by atoms with Crippen LogP contribution in [0, 0.1) is 5.82 Å². The third kappa shape index (κ3) is 3.73. The average molecular weight is 481 g/mol. The largest absolute Gasteiger partial charge is 0.444 e. The zero-order valence-electron chi connectivity index (χ0n) is 21.0. The van der Waals surface area contributed by atoms with Crippen molar-refractivity contribution in [3.8, 4) is 11.3 Å². The molecule has 1 saturated heterocycles. The first-order chi connectivity index (χ1) is 16.4. The first-order valence-electron chi connectivity index (χ1n) is 11.9. The summed E-state index contributed by atoms with van der Waals surface area (Å²) in [6.45, 7) is 12.8. The molecule has 0 saturated carbocycles. The topological polar surface area (TPSA) is 71.0 Å². The molecule has 1 aromatic carbocycles. The van der Waals surface area contributed by atoms with Crippen LogP contribution in [-0.2, 0) is 10.4 Å². The van der Waals surface area contributed by atoms with Gasteiger partial charge in [-0.15, -0.1) is 0 Å². The summed E-state index contributed by atoms with van der Waals surface area (Å²) in [7, 11) is 0. The smallest absolute Gasteiger partial charge is 0.410 e. The standard InChI is InChI=1S/C26H31FN5O3/c1-16(2)19-13-20(17-7-9-18(27)10-8-17)28-31-14-21-23(33)30-12-11-29(24(34)35-25(3,4)5)15-26(30,6)32(21)22(19)31/h7-10,13-14,16H,11-12,15H2,1-6H3/q+1. The Bertz CT molecular complexity index is 1340. The Morgan fingerprint density at radius 1 is 1.20 bits per heavy atom. The monoisotopic (exact) mass is 480 g/mol. The predicted octanol–water partition coefficient (Wildman–Crippen LogP) is 3.93. The average Bonchev–Trinajstić information content (AvgIpc) is 3.26. The summed E-state index contributed by atoms with van der Waals surface area (Å²) in [4.78, 5) is 29.9. The van der Waals surface area contributed by atoms with Crippen molar-refractivity contribution in [1.82, 2.24) is 19.4 Å². The van der Waals surface area contributed by atoms with Gasteiger partial charge in [0, 0.05) is 31.1 Å². The number of amides is 2. The Morgan fingerprint density at radius 2 is 1.89 bits per heavy atom. The van der Waals surface area contributed by atoms with Gasteiger partial charge in [0.1, 0.15) is 17.1 Å². The van der Waals surface area contributed by atoms with Gasteiger partial charge in [-0.1, -0.05) is 23.5 Å². The molecule has 0 bridgehead atoms. The van der Waals surface area contributed by atoms with Crippen LogP contribution in [0.4, 0.5) is 9.18 Å². The lowest BCUT2D eigenvalue weighted by atomic mass is 10.0. The van der Waals surface area contributed by atoms with Crippen molar-refractivity contribution in [3.63, 3.8) is 0 Å². The van der Waals surface area contributed by atoms with E-state index in [9.17, 15) is 14.0 Å². The fraction of sp³-hybridized carbons (Fsp3) is 0.462. The first kappa shape index (κ1) is 23.3. The van der Waals surface area contributed by atoms with E-state index in [2.05, 4.69) is 13.8 Å². The number of benzene rings is 1. The number of imidazole rings is 1. The molecular formula is C26H31FN5O3+. The van der Waals surface area contributed by atoms with Crippen molar-refractivity contribution >= 4 is 17.6 Å². The van der Waals surface area contributed by atoms with Gasteiger partial charge in [0.05, 0.1) is 6.54 Å². The fourth-order valence-electron chi connectivity index (χ4n) is 5.09. The zero-order valence-corrected chi connectivity index (χ0v) is 21.0. The molecule has 0 aliphatic carbocycles. The Morgan fingerprint density at radius 3 is 2.51 bits per heavy atom. The van der Waals surface area contributed by atoms with Crippen LogP contribution in [0.15, 0.2) is 36.5 Å². The highest BCUT2D eigenvalue weighted by molar-refractivity contribution is 5.93. The van der Waals surface area contributed by atoms with Gasteiger partial charge in [0.15, 0.2) is 6.20 Å². The van der Waals surface area contributed by atoms with Crippen LogP contribution in [0.25, 0.3) is 16.9 Å². The Hall–Kier alpha value is -3.49. The summed E-state index contributed by atoms with van der Waals surface area (Å²) >= 11 is 0. The van der Waals surface area contributed by atoms with Crippen LogP contribution < -0.4 is 4.57 Å². The number of halogens is 1. The molecule has 4 heterocycles. The lowest BCUT2D eigenvalue weighted by molar-refractivity contribution is -0.749. The molecule has 35 heavy (non-hydrogen) atoms. The SMILES string of the molecule is CC(C)c1cc(-c2ccc(F)cc2)nn2cc3[n+](c12)C1(C)CN(C(=O)OC(C)(C)C)CCN1C3=O. The highest BCUT2D eigenvalue weighted by Gasteiger charge is 2.57. The molecule has 8 nitrogen and oxygen atoms in total. The molecule has 1 unspecified atom stereocenters. The maximum Gasteiger partial charge on any atom is 0.410 e. The van der Waals surface area contributed by atoms with Crippen molar-refractivity contribution in [3.05, 3.63) is 53.6 Å². The second-order valence-corrected chi connectivity index (χ2v) is 10.8. The van der Waals surface area contributed by atoms with Gasteiger partial charge in [0.2, 0.25) is 11.4 Å². The zero-order chi connectivity index (χ0) is 25.3. The fourth-order valence-corrected chi connectivity index (χ4v) is 5.09. The maximum atomic E-state index is 13.5. The normalized spacial score (nSPS) is 19.9. The van der Waals surface area contributed by atoms with E-state index in [1.165, 1.54) is 12.1 Å². The molecule has 9 heteroatoms. The Balaban J connectivity index is 1.64. The van der Waals surface area contributed by atoms with Crippen LogP contribution in [0.1, 0.15) is 63.5 Å². The second-order valence-electron chi connectivity index (χ2n) is 10.8. The third-order valence-corrected chi connectivity index (χ3v) is 6.71. The summed E-state index contributed by atoms with van der Waals surface area (Å²) < 4.78 is 22.9. The number of hydrogen-bond donors (Lipinski definition) is 0. The van der Waals surface area contributed by atoms with Crippen molar-refractivity contribution in [2.45, 2.75) is 58.7 Å². The van der Waals surface area contributed by atoms with Crippen molar-refractivity contribution in [1.29, 1.82) is 0 Å². The molecule has 3 aromatic rings. The van der Waals surface area contributed by atoms with Gasteiger partial charge in [-0.2, -0.15) is 4.57 Å². The van der Waals surface area contributed by atoms with E-state index in [0.29, 0.717) is 31.0 Å². The predicted molar refractivity (Wildman–Crippen MR) is 127 cm³/mol. The van der Waals surface area contributed by atoms with Crippen LogP contribution in [0.5, 0.6) is 0 Å². The minimum Gasteiger partial charge on any atom is -0.444 e. The maximum absolute atomic E-state index is 13.5. The van der Waals surface area contributed by atoms with E-state index in [0.717, 1.165) is 16.8 Å². The molecule has 2 aliphatic heterocycles. The molecule has 1 atom stereocenters. The number of nitrogens with zero attached hydrogens (tertiary/aromatic N) is 5. The first-order valence-corrected chi connectivity index (χ1v) is 11.9. The lowest BCUT2D eigenvalue weighted by Gasteiger charge is -2.42. The van der Waals surface area contributed by atoms with Gasteiger partial charge < -0.3 is 4.74 Å². The van der Waals surface area contributed by atoms with Crippen molar-refractivity contribution in [2.24, 2.45) is 0 Å². The van der Waals surface area contributed by atoms with Crippen LogP contribution in [0.3, 0.4) is 0 Å². The number of aromatic nitrogens is 3. The summed E-state index contributed by atoms with van der Waals surface area (Å²) in [6, 6.07) is 8.23. The molecule has 5 rings (SSSR count). The summed E-state index contributed by atoms with van der Waals surface area (Å²) in [5, 5.41) is 4.78. The Labute approximate surface area is 203 Å². The van der Waals surface area contributed by atoms with Gasteiger partial charge >= 0.3 is 17.6 Å². The quantitative estimate of drug-likeness (QED) is 0.521. The summed E-state index contributed by atoms with van der Waals surface area (Å²) in [5.41, 5.74) is 2.46. The Kier molecular flexibility index (Phi) is 5.16. The summed E-state index contributed by atoms with van der Waals surface area (Å²) in [5.74, 6) is -0.260. The molecule has 184 valence electrons. The highest BCUT2D eigenvalue weighted by Crippen LogP contribution is 2.34. The van der Waals surface area contributed by atoms with E-state index < -0.39 is 11.3 Å². The molecule has 2 aromatic heterocycles. The number of fused-ring (bicyclic) bond motifs is 5. The molecule has 2 aliphatic rings. The molecule has 0 N–H and O–H groups in total. The van der Waals surface area contributed by atoms with Crippen molar-refractivity contribution < 1.29 is 23.3 Å². The lowest BCUT2D eigenvalue weighted by Crippen LogP contribution is -2.69. The number of hydrogen-bond acceptors (Lipinski definition) is 4. The van der Waals surface area contributed by atoms with Crippen molar-refractivity contribution in [2.75, 3.05) is 19.6 Å². The molecule has 1 fully saturated rings. The molecule has 0 spiro atoms. The van der Waals surface area contributed by atoms with E-state index in [-0.39, 0.29) is 23.7 Å². The number of ether oxygens (including phenoxy) is 1. The third-order valence-electron chi connectivity index (χ3n) is 6.71. The van der Waals surface area contributed by atoms with E-state index in [1.54, 1.807) is 27.7 Å². The summed E-state index contributed by atoms with van der Waals surface area (Å²) in [6.07, 6.45) is 1.38. The highest BCUT2D eigenvalue weighted by atomic mass is 19.1.